The molecule has 0 amide bonds. The number of aliphatic hydroxyl groups excluding tert-OH is 1. The lowest BCUT2D eigenvalue weighted by Crippen LogP contribution is -2.02. The van der Waals surface area contributed by atoms with Crippen molar-refractivity contribution in [3.8, 4) is 0 Å². The van der Waals surface area contributed by atoms with E-state index in [1.807, 2.05) is 13.0 Å². The molecule has 1 aromatic carbocycles. The summed E-state index contributed by atoms with van der Waals surface area (Å²) >= 11 is 0. The van der Waals surface area contributed by atoms with E-state index in [0.717, 1.165) is 5.69 Å². The fourth-order valence-electron chi connectivity index (χ4n) is 1.67. The van der Waals surface area contributed by atoms with Crippen molar-refractivity contribution in [2.24, 2.45) is 0 Å². The zero-order valence-electron chi connectivity index (χ0n) is 10.9. The second kappa shape index (κ2) is 5.14. The van der Waals surface area contributed by atoms with Crippen molar-refractivity contribution in [3.63, 3.8) is 0 Å². The molecule has 0 fully saturated rings. The van der Waals surface area contributed by atoms with Gasteiger partial charge in [-0.1, -0.05) is 6.07 Å². The van der Waals surface area contributed by atoms with Crippen molar-refractivity contribution in [1.82, 2.24) is 9.97 Å². The Morgan fingerprint density at radius 1 is 1.17 bits per heavy atom. The van der Waals surface area contributed by atoms with Gasteiger partial charge in [-0.25, -0.2) is 9.97 Å². The second-order valence-electron chi connectivity index (χ2n) is 4.37. The summed E-state index contributed by atoms with van der Waals surface area (Å²) in [5, 5.41) is 12.5. The standard InChI is InChI=1S/C14H17N3O/c1-9-4-5-13(6-10(9)2)17-14-12(8-18)7-15-11(3)16-14/h4-7,18H,8H2,1-3H3,(H,15,16,17). The summed E-state index contributed by atoms with van der Waals surface area (Å²) < 4.78 is 0. The molecule has 0 atom stereocenters. The van der Waals surface area contributed by atoms with Gasteiger partial charge in [-0.05, 0) is 44.0 Å². The van der Waals surface area contributed by atoms with Crippen molar-refractivity contribution < 1.29 is 5.11 Å². The first-order valence-corrected chi connectivity index (χ1v) is 5.88. The summed E-state index contributed by atoms with van der Waals surface area (Å²) in [5.41, 5.74) is 4.13. The Labute approximate surface area is 107 Å². The lowest BCUT2D eigenvalue weighted by molar-refractivity contribution is 0.281. The van der Waals surface area contributed by atoms with Crippen molar-refractivity contribution in [1.29, 1.82) is 0 Å². The van der Waals surface area contributed by atoms with E-state index in [9.17, 15) is 5.11 Å². The normalized spacial score (nSPS) is 10.4. The lowest BCUT2D eigenvalue weighted by atomic mass is 10.1. The number of aromatic nitrogens is 2. The number of aryl methyl sites for hydroxylation is 3. The number of anilines is 2. The molecule has 0 aliphatic carbocycles. The minimum absolute atomic E-state index is 0.0759. The zero-order chi connectivity index (χ0) is 13.1. The maximum Gasteiger partial charge on any atom is 0.139 e. The fraction of sp³-hybridized carbons (Fsp3) is 0.286. The Kier molecular flexibility index (Phi) is 3.58. The highest BCUT2D eigenvalue weighted by atomic mass is 16.3. The first-order valence-electron chi connectivity index (χ1n) is 5.88. The van der Waals surface area contributed by atoms with Crippen LogP contribution in [0.5, 0.6) is 0 Å². The van der Waals surface area contributed by atoms with Gasteiger partial charge in [0.25, 0.3) is 0 Å². The summed E-state index contributed by atoms with van der Waals surface area (Å²) in [6, 6.07) is 6.12. The Morgan fingerprint density at radius 3 is 2.61 bits per heavy atom. The molecule has 2 N–H and O–H groups in total. The van der Waals surface area contributed by atoms with Gasteiger partial charge in [0.15, 0.2) is 0 Å². The van der Waals surface area contributed by atoms with Crippen LogP contribution in [-0.4, -0.2) is 15.1 Å². The molecule has 2 rings (SSSR count). The molecule has 0 aliphatic heterocycles. The Balaban J connectivity index is 2.33. The smallest absolute Gasteiger partial charge is 0.139 e. The highest BCUT2D eigenvalue weighted by molar-refractivity contribution is 5.60. The summed E-state index contributed by atoms with van der Waals surface area (Å²) in [5.74, 6) is 1.34. The largest absolute Gasteiger partial charge is 0.391 e. The average molecular weight is 243 g/mol. The number of aliphatic hydroxyl groups is 1. The molecule has 0 saturated heterocycles. The predicted octanol–water partition coefficient (Wildman–Crippen LogP) is 2.64. The molecule has 18 heavy (non-hydrogen) atoms. The van der Waals surface area contributed by atoms with E-state index in [4.69, 9.17) is 0 Å². The van der Waals surface area contributed by atoms with Crippen LogP contribution in [0, 0.1) is 20.8 Å². The minimum Gasteiger partial charge on any atom is -0.391 e. The highest BCUT2D eigenvalue weighted by Gasteiger charge is 2.05. The van der Waals surface area contributed by atoms with Gasteiger partial charge in [0.05, 0.1) is 6.61 Å². The lowest BCUT2D eigenvalue weighted by Gasteiger charge is -2.11. The van der Waals surface area contributed by atoms with Crippen LogP contribution in [0.15, 0.2) is 24.4 Å². The molecule has 2 aromatic rings. The van der Waals surface area contributed by atoms with Gasteiger partial charge < -0.3 is 10.4 Å². The van der Waals surface area contributed by atoms with Gasteiger partial charge in [0.2, 0.25) is 0 Å². The third-order valence-electron chi connectivity index (χ3n) is 2.92. The SMILES string of the molecule is Cc1ncc(CO)c(Nc2ccc(C)c(C)c2)n1. The Bertz CT molecular complexity index is 567. The van der Waals surface area contributed by atoms with Gasteiger partial charge in [0, 0.05) is 17.4 Å². The number of hydrogen-bond acceptors (Lipinski definition) is 4. The number of nitrogens with one attached hydrogen (secondary N) is 1. The number of hydrogen-bond donors (Lipinski definition) is 2. The molecular weight excluding hydrogens is 226 g/mol. The average Bonchev–Trinajstić information content (AvgIpc) is 2.34. The molecular formula is C14H17N3O. The van der Waals surface area contributed by atoms with E-state index in [1.165, 1.54) is 11.1 Å². The fourth-order valence-corrected chi connectivity index (χ4v) is 1.67. The maximum absolute atomic E-state index is 9.27. The van der Waals surface area contributed by atoms with Crippen LogP contribution in [0.1, 0.15) is 22.5 Å². The number of rotatable bonds is 3. The van der Waals surface area contributed by atoms with Crippen LogP contribution < -0.4 is 5.32 Å². The van der Waals surface area contributed by atoms with Gasteiger partial charge >= 0.3 is 0 Å². The third kappa shape index (κ3) is 2.65. The van der Waals surface area contributed by atoms with Gasteiger partial charge in [0.1, 0.15) is 11.6 Å². The van der Waals surface area contributed by atoms with Crippen molar-refractivity contribution in [2.45, 2.75) is 27.4 Å². The van der Waals surface area contributed by atoms with E-state index < -0.39 is 0 Å². The van der Waals surface area contributed by atoms with E-state index in [0.29, 0.717) is 17.2 Å². The van der Waals surface area contributed by atoms with Crippen LogP contribution in [0.2, 0.25) is 0 Å². The molecule has 4 heteroatoms. The van der Waals surface area contributed by atoms with Crippen molar-refractivity contribution in [3.05, 3.63) is 46.9 Å². The summed E-state index contributed by atoms with van der Waals surface area (Å²) in [4.78, 5) is 8.38. The van der Waals surface area contributed by atoms with Gasteiger partial charge in [-0.15, -0.1) is 0 Å². The molecule has 94 valence electrons. The van der Waals surface area contributed by atoms with E-state index in [2.05, 4.69) is 41.3 Å². The van der Waals surface area contributed by atoms with Crippen LogP contribution in [0.3, 0.4) is 0 Å². The molecule has 0 radical (unpaired) electrons. The highest BCUT2D eigenvalue weighted by Crippen LogP contribution is 2.20. The second-order valence-corrected chi connectivity index (χ2v) is 4.37. The van der Waals surface area contributed by atoms with Gasteiger partial charge in [-0.2, -0.15) is 0 Å². The van der Waals surface area contributed by atoms with Crippen LogP contribution in [-0.2, 0) is 6.61 Å². The Hall–Kier alpha value is -1.94. The first kappa shape index (κ1) is 12.5. The molecule has 0 bridgehead atoms. The Morgan fingerprint density at radius 2 is 1.94 bits per heavy atom. The van der Waals surface area contributed by atoms with Crippen LogP contribution in [0.25, 0.3) is 0 Å². The summed E-state index contributed by atoms with van der Waals surface area (Å²) in [7, 11) is 0. The summed E-state index contributed by atoms with van der Waals surface area (Å²) in [6.07, 6.45) is 1.64. The third-order valence-corrected chi connectivity index (χ3v) is 2.92. The quantitative estimate of drug-likeness (QED) is 0.870. The maximum atomic E-state index is 9.27. The van der Waals surface area contributed by atoms with Crippen LogP contribution >= 0.6 is 0 Å². The molecule has 0 saturated carbocycles. The molecule has 1 heterocycles. The van der Waals surface area contributed by atoms with E-state index in [-0.39, 0.29) is 6.61 Å². The van der Waals surface area contributed by atoms with E-state index >= 15 is 0 Å². The zero-order valence-corrected chi connectivity index (χ0v) is 10.9. The molecule has 0 aliphatic rings. The first-order chi connectivity index (χ1) is 8.60. The summed E-state index contributed by atoms with van der Waals surface area (Å²) in [6.45, 7) is 5.89. The topological polar surface area (TPSA) is 58.0 Å². The van der Waals surface area contributed by atoms with E-state index in [1.54, 1.807) is 6.20 Å². The molecule has 4 nitrogen and oxygen atoms in total. The number of benzene rings is 1. The van der Waals surface area contributed by atoms with Crippen molar-refractivity contribution in [2.75, 3.05) is 5.32 Å². The minimum atomic E-state index is -0.0759. The van der Waals surface area contributed by atoms with Crippen LogP contribution in [0.4, 0.5) is 11.5 Å². The van der Waals surface area contributed by atoms with Gasteiger partial charge in [-0.3, -0.25) is 0 Å². The molecule has 0 spiro atoms. The monoisotopic (exact) mass is 243 g/mol. The van der Waals surface area contributed by atoms with Crippen molar-refractivity contribution >= 4 is 11.5 Å². The number of nitrogens with zero attached hydrogens (tertiary/aromatic N) is 2. The molecule has 0 unspecified atom stereocenters. The predicted molar refractivity (Wildman–Crippen MR) is 71.9 cm³/mol. The molecule has 1 aromatic heterocycles.